The van der Waals surface area contributed by atoms with Gasteiger partial charge in [-0.1, -0.05) is 31.4 Å². The molecule has 22 heavy (non-hydrogen) atoms. The molecular formula is C18H32O4. The second kappa shape index (κ2) is 13.8. The summed E-state index contributed by atoms with van der Waals surface area (Å²) in [5.74, 6) is -0.0937. The van der Waals surface area contributed by atoms with Gasteiger partial charge in [-0.2, -0.15) is 0 Å². The van der Waals surface area contributed by atoms with Crippen LogP contribution in [0.4, 0.5) is 0 Å². The molecule has 1 rings (SSSR count). The minimum absolute atomic E-state index is 0.0344. The first-order valence-electron chi connectivity index (χ1n) is 8.78. The number of rotatable bonds is 12. The minimum Gasteiger partial charge on any atom is -0.469 e. The van der Waals surface area contributed by atoms with E-state index < -0.39 is 0 Å². The Morgan fingerprint density at radius 2 is 1.86 bits per heavy atom. The van der Waals surface area contributed by atoms with E-state index >= 15 is 0 Å². The molecule has 0 aromatic carbocycles. The molecule has 1 atom stereocenters. The van der Waals surface area contributed by atoms with E-state index in [9.17, 15) is 4.79 Å². The number of ether oxygens (including phenoxy) is 3. The summed E-state index contributed by atoms with van der Waals surface area (Å²) in [4.78, 5) is 10.9. The van der Waals surface area contributed by atoms with Crippen molar-refractivity contribution in [2.24, 2.45) is 0 Å². The normalized spacial score (nSPS) is 18.7. The fraction of sp³-hybridized carbons (Fsp3) is 0.833. The SMILES string of the molecule is COC(=O)CCCCCCC/C=C/CCOC1CCCCO1. The molecule has 0 N–H and O–H groups in total. The molecule has 0 amide bonds. The fourth-order valence-electron chi connectivity index (χ4n) is 2.51. The highest BCUT2D eigenvalue weighted by atomic mass is 16.7. The number of esters is 1. The molecule has 0 saturated carbocycles. The van der Waals surface area contributed by atoms with Crippen molar-refractivity contribution in [1.82, 2.24) is 0 Å². The van der Waals surface area contributed by atoms with Crippen LogP contribution < -0.4 is 0 Å². The maximum Gasteiger partial charge on any atom is 0.305 e. The van der Waals surface area contributed by atoms with E-state index in [1.165, 1.54) is 39.2 Å². The predicted molar refractivity (Wildman–Crippen MR) is 87.6 cm³/mol. The van der Waals surface area contributed by atoms with Gasteiger partial charge in [-0.05, 0) is 44.9 Å². The fourth-order valence-corrected chi connectivity index (χ4v) is 2.51. The predicted octanol–water partition coefficient (Wildman–Crippen LogP) is 4.38. The molecular weight excluding hydrogens is 280 g/mol. The first-order chi connectivity index (χ1) is 10.8. The van der Waals surface area contributed by atoms with Gasteiger partial charge in [-0.3, -0.25) is 4.79 Å². The number of carbonyl (C=O) groups excluding carboxylic acids is 1. The topological polar surface area (TPSA) is 44.8 Å². The second-order valence-corrected chi connectivity index (χ2v) is 5.81. The van der Waals surface area contributed by atoms with Crippen LogP contribution in [0.2, 0.25) is 0 Å². The Morgan fingerprint density at radius 1 is 1.09 bits per heavy atom. The number of carbonyl (C=O) groups is 1. The summed E-state index contributed by atoms with van der Waals surface area (Å²) in [5.41, 5.74) is 0. The average molecular weight is 312 g/mol. The van der Waals surface area contributed by atoms with Gasteiger partial charge in [0, 0.05) is 13.0 Å². The summed E-state index contributed by atoms with van der Waals surface area (Å²) < 4.78 is 15.8. The van der Waals surface area contributed by atoms with Crippen LogP contribution in [0, 0.1) is 0 Å². The van der Waals surface area contributed by atoms with E-state index in [1.54, 1.807) is 0 Å². The lowest BCUT2D eigenvalue weighted by Gasteiger charge is -2.22. The van der Waals surface area contributed by atoms with Gasteiger partial charge < -0.3 is 14.2 Å². The first-order valence-corrected chi connectivity index (χ1v) is 8.78. The van der Waals surface area contributed by atoms with Crippen molar-refractivity contribution in [2.75, 3.05) is 20.3 Å². The van der Waals surface area contributed by atoms with Crippen LogP contribution in [0.5, 0.6) is 0 Å². The van der Waals surface area contributed by atoms with Gasteiger partial charge in [-0.25, -0.2) is 0 Å². The average Bonchev–Trinajstić information content (AvgIpc) is 2.56. The molecule has 0 radical (unpaired) electrons. The summed E-state index contributed by atoms with van der Waals surface area (Å²) in [5, 5.41) is 0. The van der Waals surface area contributed by atoms with Gasteiger partial charge in [0.1, 0.15) is 0 Å². The standard InChI is InChI=1S/C18H32O4/c1-20-17(19)13-9-7-5-3-2-4-6-8-11-15-21-18-14-10-12-16-22-18/h6,8,18H,2-5,7,9-16H2,1H3/b8-6+. The lowest BCUT2D eigenvalue weighted by Crippen LogP contribution is -2.22. The Bertz CT molecular complexity index is 295. The van der Waals surface area contributed by atoms with E-state index in [-0.39, 0.29) is 12.3 Å². The molecule has 1 aliphatic rings. The molecule has 1 saturated heterocycles. The van der Waals surface area contributed by atoms with Crippen molar-refractivity contribution in [3.8, 4) is 0 Å². The lowest BCUT2D eigenvalue weighted by atomic mass is 10.1. The lowest BCUT2D eigenvalue weighted by molar-refractivity contribution is -0.161. The third-order valence-corrected chi connectivity index (χ3v) is 3.87. The number of methoxy groups -OCH3 is 1. The van der Waals surface area contributed by atoms with Gasteiger partial charge in [0.2, 0.25) is 0 Å². The molecule has 0 aliphatic carbocycles. The van der Waals surface area contributed by atoms with Crippen molar-refractivity contribution in [3.63, 3.8) is 0 Å². The molecule has 128 valence electrons. The molecule has 1 heterocycles. The highest BCUT2D eigenvalue weighted by molar-refractivity contribution is 5.68. The quantitative estimate of drug-likeness (QED) is 0.305. The summed E-state index contributed by atoms with van der Waals surface area (Å²) in [6.45, 7) is 1.61. The number of allylic oxidation sites excluding steroid dienone is 1. The Kier molecular flexibility index (Phi) is 12.0. The molecule has 0 aromatic heterocycles. The van der Waals surface area contributed by atoms with Crippen molar-refractivity contribution < 1.29 is 19.0 Å². The summed E-state index contributed by atoms with van der Waals surface area (Å²) in [6, 6.07) is 0. The highest BCUT2D eigenvalue weighted by Crippen LogP contribution is 2.14. The van der Waals surface area contributed by atoms with Crippen LogP contribution in [0.25, 0.3) is 0 Å². The van der Waals surface area contributed by atoms with Crippen molar-refractivity contribution in [3.05, 3.63) is 12.2 Å². The Hall–Kier alpha value is -0.870. The van der Waals surface area contributed by atoms with Crippen LogP contribution in [0.15, 0.2) is 12.2 Å². The van der Waals surface area contributed by atoms with E-state index in [1.807, 2.05) is 0 Å². The van der Waals surface area contributed by atoms with Gasteiger partial charge in [0.05, 0.1) is 13.7 Å². The molecule has 1 aliphatic heterocycles. The minimum atomic E-state index is -0.0937. The third-order valence-electron chi connectivity index (χ3n) is 3.87. The van der Waals surface area contributed by atoms with Crippen molar-refractivity contribution >= 4 is 5.97 Å². The van der Waals surface area contributed by atoms with Crippen LogP contribution in [-0.2, 0) is 19.0 Å². The van der Waals surface area contributed by atoms with Crippen LogP contribution in [0.3, 0.4) is 0 Å². The van der Waals surface area contributed by atoms with Gasteiger partial charge in [0.15, 0.2) is 6.29 Å². The zero-order valence-corrected chi connectivity index (χ0v) is 14.1. The zero-order chi connectivity index (χ0) is 15.9. The van der Waals surface area contributed by atoms with E-state index in [2.05, 4.69) is 16.9 Å². The van der Waals surface area contributed by atoms with E-state index in [0.717, 1.165) is 45.3 Å². The molecule has 4 nitrogen and oxygen atoms in total. The van der Waals surface area contributed by atoms with Gasteiger partial charge in [0.25, 0.3) is 0 Å². The van der Waals surface area contributed by atoms with Crippen LogP contribution >= 0.6 is 0 Å². The summed E-state index contributed by atoms with van der Waals surface area (Å²) >= 11 is 0. The highest BCUT2D eigenvalue weighted by Gasteiger charge is 2.12. The van der Waals surface area contributed by atoms with Crippen LogP contribution in [-0.4, -0.2) is 32.6 Å². The Labute approximate surface area is 135 Å². The van der Waals surface area contributed by atoms with Gasteiger partial charge >= 0.3 is 5.97 Å². The number of unbranched alkanes of at least 4 members (excludes halogenated alkanes) is 5. The van der Waals surface area contributed by atoms with Crippen molar-refractivity contribution in [2.45, 2.75) is 76.9 Å². The second-order valence-electron chi connectivity index (χ2n) is 5.81. The Morgan fingerprint density at radius 3 is 2.64 bits per heavy atom. The smallest absolute Gasteiger partial charge is 0.305 e. The molecule has 1 unspecified atom stereocenters. The monoisotopic (exact) mass is 312 g/mol. The maximum atomic E-state index is 10.9. The number of hydrogen-bond donors (Lipinski definition) is 0. The summed E-state index contributed by atoms with van der Waals surface area (Å²) in [7, 11) is 1.45. The van der Waals surface area contributed by atoms with Crippen molar-refractivity contribution in [1.29, 1.82) is 0 Å². The molecule has 0 bridgehead atoms. The summed E-state index contributed by atoms with van der Waals surface area (Å²) in [6.07, 6.45) is 16.3. The molecule has 0 spiro atoms. The number of hydrogen-bond acceptors (Lipinski definition) is 4. The Balaban J connectivity index is 1.79. The van der Waals surface area contributed by atoms with E-state index in [0.29, 0.717) is 6.42 Å². The first kappa shape index (κ1) is 19.2. The molecule has 4 heteroatoms. The molecule has 0 aromatic rings. The van der Waals surface area contributed by atoms with Gasteiger partial charge in [-0.15, -0.1) is 0 Å². The van der Waals surface area contributed by atoms with E-state index in [4.69, 9.17) is 9.47 Å². The maximum absolute atomic E-state index is 10.9. The third kappa shape index (κ3) is 10.8. The largest absolute Gasteiger partial charge is 0.469 e. The zero-order valence-electron chi connectivity index (χ0n) is 14.1. The molecule has 1 fully saturated rings. The van der Waals surface area contributed by atoms with Crippen LogP contribution in [0.1, 0.15) is 70.6 Å².